The van der Waals surface area contributed by atoms with Crippen molar-refractivity contribution in [3.05, 3.63) is 0 Å². The Morgan fingerprint density at radius 1 is 1.08 bits per heavy atom. The maximum Gasteiger partial charge on any atom is 0.157 e. The molecule has 2 aliphatic rings. The van der Waals surface area contributed by atoms with E-state index in [2.05, 4.69) is 4.99 Å². The molecule has 0 spiro atoms. The van der Waals surface area contributed by atoms with E-state index in [4.69, 9.17) is 34.8 Å². The lowest BCUT2D eigenvalue weighted by Gasteiger charge is -2.36. The molecule has 0 radical (unpaired) electrons. The molecule has 1 aliphatic carbocycles. The lowest BCUT2D eigenvalue weighted by Crippen LogP contribution is -2.44. The summed E-state index contributed by atoms with van der Waals surface area (Å²) in [6, 6.07) is 0. The van der Waals surface area contributed by atoms with Crippen LogP contribution in [-0.4, -0.2) is 21.5 Å². The normalized spacial score (nSPS) is 39.1. The number of hydrogen-bond acceptors (Lipinski definition) is 1. The predicted octanol–water partition coefficient (Wildman–Crippen LogP) is 3.17. The van der Waals surface area contributed by atoms with Crippen LogP contribution in [0, 0.1) is 0 Å². The molecule has 4 heteroatoms. The van der Waals surface area contributed by atoms with Gasteiger partial charge in [0.15, 0.2) is 4.33 Å². The Hall–Kier alpha value is 0.540. The van der Waals surface area contributed by atoms with Gasteiger partial charge in [0.05, 0.1) is 10.6 Å². The Morgan fingerprint density at radius 2 is 1.83 bits per heavy atom. The average Bonchev–Trinajstić information content (AvgIpc) is 2.31. The van der Waals surface area contributed by atoms with Gasteiger partial charge in [0.2, 0.25) is 0 Å². The number of halogens is 3. The van der Waals surface area contributed by atoms with Crippen LogP contribution in [0.15, 0.2) is 4.99 Å². The van der Waals surface area contributed by atoms with E-state index in [0.29, 0.717) is 0 Å². The molecule has 1 fully saturated rings. The van der Waals surface area contributed by atoms with Crippen molar-refractivity contribution in [1.29, 1.82) is 0 Å². The van der Waals surface area contributed by atoms with Crippen molar-refractivity contribution >= 4 is 40.5 Å². The molecule has 0 N–H and O–H groups in total. The molecule has 1 saturated carbocycles. The van der Waals surface area contributed by atoms with Crippen LogP contribution in [0.5, 0.6) is 0 Å². The third-order valence-electron chi connectivity index (χ3n) is 2.61. The van der Waals surface area contributed by atoms with E-state index in [-0.39, 0.29) is 4.87 Å². The summed E-state index contributed by atoms with van der Waals surface area (Å²) in [6.07, 6.45) is 3.64. The van der Waals surface area contributed by atoms with Gasteiger partial charge in [0, 0.05) is 6.54 Å². The molecule has 1 unspecified atom stereocenters. The maximum atomic E-state index is 6.36. The van der Waals surface area contributed by atoms with E-state index in [1.165, 1.54) is 0 Å². The summed E-state index contributed by atoms with van der Waals surface area (Å²) < 4.78 is -0.795. The smallest absolute Gasteiger partial charge is 0.157 e. The van der Waals surface area contributed by atoms with E-state index >= 15 is 0 Å². The predicted molar refractivity (Wildman–Crippen MR) is 53.8 cm³/mol. The second-order valence-electron chi connectivity index (χ2n) is 3.50. The molecule has 0 bridgehead atoms. The highest BCUT2D eigenvalue weighted by molar-refractivity contribution is 6.63. The van der Waals surface area contributed by atoms with Gasteiger partial charge in [-0.3, -0.25) is 4.99 Å². The third kappa shape index (κ3) is 1.26. The zero-order chi connectivity index (χ0) is 8.82. The molecule has 68 valence electrons. The fourth-order valence-corrected chi connectivity index (χ4v) is 3.29. The Morgan fingerprint density at radius 3 is 2.50 bits per heavy atom. The van der Waals surface area contributed by atoms with Gasteiger partial charge in [-0.2, -0.15) is 0 Å². The van der Waals surface area contributed by atoms with Crippen LogP contribution in [0.2, 0.25) is 0 Å². The van der Waals surface area contributed by atoms with Crippen LogP contribution >= 0.6 is 34.8 Å². The van der Waals surface area contributed by atoms with Crippen LogP contribution in [0.25, 0.3) is 0 Å². The van der Waals surface area contributed by atoms with Gasteiger partial charge in [0.25, 0.3) is 0 Å². The molecular formula is C8H10Cl3N. The Labute approximate surface area is 87.1 Å². The number of fused-ring (bicyclic) bond motifs is 1. The summed E-state index contributed by atoms with van der Waals surface area (Å²) in [5.74, 6) is 0. The SMILES string of the molecule is ClC1(Cl)CCCC2(Cl)CCN=C12. The largest absolute Gasteiger partial charge is 0.289 e. The molecule has 12 heavy (non-hydrogen) atoms. The quantitative estimate of drug-likeness (QED) is 0.563. The molecule has 0 amide bonds. The first-order valence-corrected chi connectivity index (χ1v) is 5.30. The zero-order valence-electron chi connectivity index (χ0n) is 6.62. The average molecular weight is 227 g/mol. The first kappa shape index (κ1) is 9.11. The van der Waals surface area contributed by atoms with E-state index in [1.54, 1.807) is 0 Å². The molecule has 1 heterocycles. The lowest BCUT2D eigenvalue weighted by atomic mass is 9.85. The van der Waals surface area contributed by atoms with Gasteiger partial charge < -0.3 is 0 Å². The summed E-state index contributed by atoms with van der Waals surface area (Å²) in [6.45, 7) is 0.778. The van der Waals surface area contributed by atoms with Gasteiger partial charge in [-0.05, 0) is 25.7 Å². The molecule has 0 aromatic carbocycles. The van der Waals surface area contributed by atoms with Crippen molar-refractivity contribution in [2.24, 2.45) is 4.99 Å². The van der Waals surface area contributed by atoms with Crippen molar-refractivity contribution in [3.8, 4) is 0 Å². The van der Waals surface area contributed by atoms with Crippen molar-refractivity contribution in [1.82, 2.24) is 0 Å². The third-order valence-corrected chi connectivity index (χ3v) is 3.91. The summed E-state index contributed by atoms with van der Waals surface area (Å²) in [7, 11) is 0. The van der Waals surface area contributed by atoms with Crippen molar-refractivity contribution < 1.29 is 0 Å². The molecule has 1 aliphatic heterocycles. The first-order valence-electron chi connectivity index (χ1n) is 4.17. The number of aliphatic imine (C=N–C) groups is 1. The Kier molecular flexibility index (Phi) is 2.10. The minimum Gasteiger partial charge on any atom is -0.289 e. The van der Waals surface area contributed by atoms with Crippen LogP contribution in [-0.2, 0) is 0 Å². The van der Waals surface area contributed by atoms with Gasteiger partial charge in [-0.25, -0.2) is 0 Å². The molecule has 1 nitrogen and oxygen atoms in total. The lowest BCUT2D eigenvalue weighted by molar-refractivity contribution is 0.546. The Bertz CT molecular complexity index is 236. The minimum atomic E-state index is -0.795. The number of hydrogen-bond donors (Lipinski definition) is 0. The monoisotopic (exact) mass is 225 g/mol. The highest BCUT2D eigenvalue weighted by Crippen LogP contribution is 2.47. The highest BCUT2D eigenvalue weighted by atomic mass is 35.5. The fourth-order valence-electron chi connectivity index (χ4n) is 2.00. The second kappa shape index (κ2) is 2.76. The summed E-state index contributed by atoms with van der Waals surface area (Å²) in [5, 5.41) is 0. The molecule has 2 rings (SSSR count). The standard InChI is InChI=1S/C8H10Cl3N/c9-7-2-1-3-8(10,11)6(7)12-5-4-7/h1-5H2. The van der Waals surface area contributed by atoms with Crippen LogP contribution in [0.3, 0.4) is 0 Å². The zero-order valence-corrected chi connectivity index (χ0v) is 8.88. The van der Waals surface area contributed by atoms with Gasteiger partial charge in [-0.15, -0.1) is 11.6 Å². The van der Waals surface area contributed by atoms with Crippen molar-refractivity contribution in [3.63, 3.8) is 0 Å². The molecular weight excluding hydrogens is 216 g/mol. The van der Waals surface area contributed by atoms with Gasteiger partial charge in [-0.1, -0.05) is 23.2 Å². The molecule has 0 aromatic heterocycles. The van der Waals surface area contributed by atoms with Gasteiger partial charge >= 0.3 is 0 Å². The minimum absolute atomic E-state index is 0.318. The second-order valence-corrected chi connectivity index (χ2v) is 5.71. The molecule has 0 saturated heterocycles. The summed E-state index contributed by atoms with van der Waals surface area (Å²) >= 11 is 18.6. The van der Waals surface area contributed by atoms with E-state index in [0.717, 1.165) is 37.9 Å². The topological polar surface area (TPSA) is 12.4 Å². The van der Waals surface area contributed by atoms with Crippen LogP contribution in [0.1, 0.15) is 25.7 Å². The van der Waals surface area contributed by atoms with E-state index < -0.39 is 4.33 Å². The summed E-state index contributed by atoms with van der Waals surface area (Å²) in [4.78, 5) is 3.99. The summed E-state index contributed by atoms with van der Waals surface area (Å²) in [5.41, 5.74) is 0.811. The Balaban J connectivity index is 2.35. The van der Waals surface area contributed by atoms with Crippen molar-refractivity contribution in [2.45, 2.75) is 34.9 Å². The number of alkyl halides is 3. The van der Waals surface area contributed by atoms with Crippen LogP contribution in [0.4, 0.5) is 0 Å². The molecule has 1 atom stereocenters. The van der Waals surface area contributed by atoms with Crippen molar-refractivity contribution in [2.75, 3.05) is 6.54 Å². The fraction of sp³-hybridized carbons (Fsp3) is 0.875. The van der Waals surface area contributed by atoms with Crippen LogP contribution < -0.4 is 0 Å². The van der Waals surface area contributed by atoms with E-state index in [9.17, 15) is 0 Å². The molecule has 0 aromatic rings. The van der Waals surface area contributed by atoms with Gasteiger partial charge in [0.1, 0.15) is 0 Å². The number of nitrogens with zero attached hydrogens (tertiary/aromatic N) is 1. The maximum absolute atomic E-state index is 6.36. The highest BCUT2D eigenvalue weighted by Gasteiger charge is 2.50. The number of rotatable bonds is 0. The van der Waals surface area contributed by atoms with E-state index in [1.807, 2.05) is 0 Å². The first-order chi connectivity index (χ1) is 5.55.